The fraction of sp³-hybridized carbons (Fsp3) is 0.438. The Bertz CT molecular complexity index is 582. The van der Waals surface area contributed by atoms with Crippen molar-refractivity contribution in [2.45, 2.75) is 38.1 Å². The van der Waals surface area contributed by atoms with Gasteiger partial charge in [-0.25, -0.2) is 4.98 Å². The van der Waals surface area contributed by atoms with Gasteiger partial charge < -0.3 is 4.90 Å². The lowest BCUT2D eigenvalue weighted by Gasteiger charge is -2.27. The van der Waals surface area contributed by atoms with Gasteiger partial charge in [-0.05, 0) is 31.4 Å². The van der Waals surface area contributed by atoms with Crippen LogP contribution in [0.4, 0.5) is 5.82 Å². The molecule has 0 N–H and O–H groups in total. The van der Waals surface area contributed by atoms with Crippen LogP contribution in [-0.2, 0) is 5.88 Å². The van der Waals surface area contributed by atoms with Gasteiger partial charge in [-0.1, -0.05) is 25.1 Å². The highest BCUT2D eigenvalue weighted by molar-refractivity contribution is 6.17. The summed E-state index contributed by atoms with van der Waals surface area (Å²) in [5, 5.41) is 1.18. The molecule has 0 amide bonds. The van der Waals surface area contributed by atoms with E-state index in [1.165, 1.54) is 24.6 Å². The van der Waals surface area contributed by atoms with E-state index >= 15 is 0 Å². The molecule has 3 heteroatoms. The Morgan fingerprint density at radius 3 is 3.00 bits per heavy atom. The van der Waals surface area contributed by atoms with Crippen molar-refractivity contribution in [1.82, 2.24) is 4.98 Å². The molecule has 1 atom stereocenters. The molecule has 0 radical (unpaired) electrons. The summed E-state index contributed by atoms with van der Waals surface area (Å²) in [4.78, 5) is 7.32. The predicted octanol–water partition coefficient (Wildman–Crippen LogP) is 4.35. The van der Waals surface area contributed by atoms with Gasteiger partial charge in [0.25, 0.3) is 0 Å². The molecule has 2 aromatic rings. The van der Waals surface area contributed by atoms with E-state index < -0.39 is 0 Å². The highest BCUT2D eigenvalue weighted by atomic mass is 35.5. The molecule has 1 aromatic carbocycles. The molecule has 1 aliphatic heterocycles. The Hall–Kier alpha value is -1.28. The van der Waals surface area contributed by atoms with Crippen molar-refractivity contribution < 1.29 is 0 Å². The zero-order valence-corrected chi connectivity index (χ0v) is 12.0. The molecule has 0 aliphatic carbocycles. The van der Waals surface area contributed by atoms with Crippen LogP contribution >= 0.6 is 11.6 Å². The maximum absolute atomic E-state index is 6.14. The second-order valence-corrected chi connectivity index (χ2v) is 5.46. The van der Waals surface area contributed by atoms with E-state index in [2.05, 4.69) is 30.0 Å². The lowest BCUT2D eigenvalue weighted by molar-refractivity contribution is 0.640. The predicted molar refractivity (Wildman–Crippen MR) is 82.0 cm³/mol. The molecular weight excluding hydrogens is 256 g/mol. The minimum Gasteiger partial charge on any atom is -0.353 e. The zero-order valence-electron chi connectivity index (χ0n) is 11.3. The molecule has 3 rings (SSSR count). The number of pyridine rings is 1. The monoisotopic (exact) mass is 274 g/mol. The number of benzene rings is 1. The van der Waals surface area contributed by atoms with E-state index in [0.29, 0.717) is 11.9 Å². The van der Waals surface area contributed by atoms with Crippen LogP contribution in [0.1, 0.15) is 31.7 Å². The van der Waals surface area contributed by atoms with Crippen molar-refractivity contribution in [2.24, 2.45) is 0 Å². The number of aromatic nitrogens is 1. The topological polar surface area (TPSA) is 16.1 Å². The lowest BCUT2D eigenvalue weighted by Crippen LogP contribution is -2.30. The summed E-state index contributed by atoms with van der Waals surface area (Å²) >= 11 is 6.14. The van der Waals surface area contributed by atoms with Crippen LogP contribution < -0.4 is 4.90 Å². The van der Waals surface area contributed by atoms with E-state index in [1.807, 2.05) is 12.1 Å². The summed E-state index contributed by atoms with van der Waals surface area (Å²) in [6.07, 6.45) is 3.71. The van der Waals surface area contributed by atoms with Crippen LogP contribution in [0.3, 0.4) is 0 Å². The van der Waals surface area contributed by atoms with Gasteiger partial charge >= 0.3 is 0 Å². The Kier molecular flexibility index (Phi) is 3.61. The SMILES string of the molecule is CCC1CCCN1c1nc2ccccc2cc1CCl. The Morgan fingerprint density at radius 1 is 1.37 bits per heavy atom. The van der Waals surface area contributed by atoms with Gasteiger partial charge in [0.05, 0.1) is 11.4 Å². The van der Waals surface area contributed by atoms with Gasteiger partial charge in [0.15, 0.2) is 0 Å². The molecule has 1 aliphatic rings. The number of halogens is 1. The van der Waals surface area contributed by atoms with Gasteiger partial charge in [-0.15, -0.1) is 11.6 Å². The maximum atomic E-state index is 6.14. The number of rotatable bonds is 3. The summed E-state index contributed by atoms with van der Waals surface area (Å²) in [6.45, 7) is 3.36. The van der Waals surface area contributed by atoms with E-state index in [1.54, 1.807) is 0 Å². The number of alkyl halides is 1. The maximum Gasteiger partial charge on any atom is 0.133 e. The number of para-hydroxylation sites is 1. The van der Waals surface area contributed by atoms with Crippen molar-refractivity contribution in [1.29, 1.82) is 0 Å². The van der Waals surface area contributed by atoms with Crippen molar-refractivity contribution >= 4 is 28.3 Å². The largest absolute Gasteiger partial charge is 0.353 e. The molecule has 1 saturated heterocycles. The number of anilines is 1. The van der Waals surface area contributed by atoms with Crippen molar-refractivity contribution in [3.8, 4) is 0 Å². The third-order valence-electron chi connectivity index (χ3n) is 4.04. The molecule has 100 valence electrons. The van der Waals surface area contributed by atoms with Crippen LogP contribution in [0, 0.1) is 0 Å². The second-order valence-electron chi connectivity index (χ2n) is 5.20. The van der Waals surface area contributed by atoms with Crippen LogP contribution in [0.25, 0.3) is 10.9 Å². The first-order valence-electron chi connectivity index (χ1n) is 7.04. The normalized spacial score (nSPS) is 19.3. The molecular formula is C16H19ClN2. The Balaban J connectivity index is 2.10. The molecule has 1 fully saturated rings. The van der Waals surface area contributed by atoms with Crippen molar-refractivity contribution in [3.05, 3.63) is 35.9 Å². The number of fused-ring (bicyclic) bond motifs is 1. The molecule has 0 saturated carbocycles. The lowest BCUT2D eigenvalue weighted by atomic mass is 10.1. The second kappa shape index (κ2) is 5.38. The minimum atomic E-state index is 0.528. The van der Waals surface area contributed by atoms with Gasteiger partial charge in [0, 0.05) is 23.5 Å². The van der Waals surface area contributed by atoms with E-state index in [-0.39, 0.29) is 0 Å². The fourth-order valence-electron chi connectivity index (χ4n) is 3.04. The van der Waals surface area contributed by atoms with Gasteiger partial charge in [-0.3, -0.25) is 0 Å². The fourth-order valence-corrected chi connectivity index (χ4v) is 3.23. The summed E-state index contributed by atoms with van der Waals surface area (Å²) in [5.74, 6) is 1.62. The highest BCUT2D eigenvalue weighted by Crippen LogP contribution is 2.31. The van der Waals surface area contributed by atoms with Crippen LogP contribution in [0.15, 0.2) is 30.3 Å². The quantitative estimate of drug-likeness (QED) is 0.774. The first-order chi connectivity index (χ1) is 9.33. The Labute approximate surface area is 119 Å². The average Bonchev–Trinajstić information content (AvgIpc) is 2.94. The average molecular weight is 275 g/mol. The van der Waals surface area contributed by atoms with Crippen molar-refractivity contribution in [2.75, 3.05) is 11.4 Å². The molecule has 19 heavy (non-hydrogen) atoms. The molecule has 2 heterocycles. The molecule has 1 unspecified atom stereocenters. The number of nitrogens with zero attached hydrogens (tertiary/aromatic N) is 2. The van der Waals surface area contributed by atoms with E-state index in [4.69, 9.17) is 16.6 Å². The van der Waals surface area contributed by atoms with Crippen molar-refractivity contribution in [3.63, 3.8) is 0 Å². The summed E-state index contributed by atoms with van der Waals surface area (Å²) < 4.78 is 0. The molecule has 1 aromatic heterocycles. The molecule has 0 spiro atoms. The third kappa shape index (κ3) is 2.30. The first-order valence-corrected chi connectivity index (χ1v) is 7.58. The summed E-state index contributed by atoms with van der Waals surface area (Å²) in [6, 6.07) is 11.1. The first kappa shape index (κ1) is 12.7. The van der Waals surface area contributed by atoms with Gasteiger partial charge in [-0.2, -0.15) is 0 Å². The van der Waals surface area contributed by atoms with Crippen LogP contribution in [0.2, 0.25) is 0 Å². The molecule has 2 nitrogen and oxygen atoms in total. The van der Waals surface area contributed by atoms with E-state index in [0.717, 1.165) is 23.4 Å². The van der Waals surface area contributed by atoms with Gasteiger partial charge in [0.1, 0.15) is 5.82 Å². The summed E-state index contributed by atoms with van der Waals surface area (Å²) in [7, 11) is 0. The standard InChI is InChI=1S/C16H19ClN2/c1-2-14-7-5-9-19(14)16-13(11-17)10-12-6-3-4-8-15(12)18-16/h3-4,6,8,10,14H,2,5,7,9,11H2,1H3. The van der Waals surface area contributed by atoms with Crippen LogP contribution in [0.5, 0.6) is 0 Å². The number of hydrogen-bond donors (Lipinski definition) is 0. The molecule has 0 bridgehead atoms. The third-order valence-corrected chi connectivity index (χ3v) is 4.33. The zero-order chi connectivity index (χ0) is 13.2. The van der Waals surface area contributed by atoms with Crippen LogP contribution in [-0.4, -0.2) is 17.6 Å². The van der Waals surface area contributed by atoms with Gasteiger partial charge in [0.2, 0.25) is 0 Å². The highest BCUT2D eigenvalue weighted by Gasteiger charge is 2.26. The smallest absolute Gasteiger partial charge is 0.133 e. The van der Waals surface area contributed by atoms with E-state index in [9.17, 15) is 0 Å². The Morgan fingerprint density at radius 2 is 2.21 bits per heavy atom. The number of hydrogen-bond acceptors (Lipinski definition) is 2. The summed E-state index contributed by atoms with van der Waals surface area (Å²) in [5.41, 5.74) is 2.22. The minimum absolute atomic E-state index is 0.528.